The maximum Gasteiger partial charge on any atom is 0.152 e. The molecule has 0 saturated heterocycles. The Balaban J connectivity index is 4.11. The topological polar surface area (TPSA) is 29.1 Å². The molecule has 1 N–H and O–H groups in total. The van der Waals surface area contributed by atoms with Gasteiger partial charge in [0.15, 0.2) is 5.78 Å². The second-order valence-electron chi connectivity index (χ2n) is 4.93. The fourth-order valence-corrected chi connectivity index (χ4v) is 1.71. The van der Waals surface area contributed by atoms with Gasteiger partial charge in [0.2, 0.25) is 0 Å². The fourth-order valence-electron chi connectivity index (χ4n) is 1.71. The van der Waals surface area contributed by atoms with Crippen molar-refractivity contribution in [1.82, 2.24) is 5.32 Å². The molecular weight excluding hydrogens is 186 g/mol. The molecule has 1 atom stereocenters. The standard InChI is InChI=1S/C13H27NO/c1-6-7-8-9-12(14-11(4)5)13(15)10(2)3/h10-12,14H,6-9H2,1-5H3/t12-/m0/s1. The van der Waals surface area contributed by atoms with Crippen molar-refractivity contribution < 1.29 is 4.79 Å². The van der Waals surface area contributed by atoms with Crippen LogP contribution < -0.4 is 5.32 Å². The number of nitrogens with one attached hydrogen (secondary N) is 1. The predicted molar refractivity (Wildman–Crippen MR) is 66.0 cm³/mol. The van der Waals surface area contributed by atoms with E-state index in [1.165, 1.54) is 12.8 Å². The zero-order chi connectivity index (χ0) is 11.8. The minimum atomic E-state index is 0.0662. The number of carbonyl (C=O) groups is 1. The highest BCUT2D eigenvalue weighted by Gasteiger charge is 2.20. The van der Waals surface area contributed by atoms with Gasteiger partial charge in [-0.25, -0.2) is 0 Å². The van der Waals surface area contributed by atoms with Gasteiger partial charge in [-0.15, -0.1) is 0 Å². The van der Waals surface area contributed by atoms with Crippen LogP contribution in [-0.4, -0.2) is 17.9 Å². The fraction of sp³-hybridized carbons (Fsp3) is 0.923. The highest BCUT2D eigenvalue weighted by molar-refractivity contribution is 5.85. The van der Waals surface area contributed by atoms with Gasteiger partial charge in [0, 0.05) is 12.0 Å². The molecule has 2 heteroatoms. The van der Waals surface area contributed by atoms with E-state index in [2.05, 4.69) is 26.1 Å². The summed E-state index contributed by atoms with van der Waals surface area (Å²) < 4.78 is 0. The maximum atomic E-state index is 11.9. The average Bonchev–Trinajstić information content (AvgIpc) is 2.14. The van der Waals surface area contributed by atoms with Crippen molar-refractivity contribution in [2.75, 3.05) is 0 Å². The van der Waals surface area contributed by atoms with Gasteiger partial charge in [0.05, 0.1) is 6.04 Å². The van der Waals surface area contributed by atoms with Gasteiger partial charge in [-0.1, -0.05) is 53.9 Å². The Bertz CT molecular complexity index is 175. The number of ketones is 1. The molecule has 0 fully saturated rings. The molecule has 2 nitrogen and oxygen atoms in total. The molecule has 0 radical (unpaired) electrons. The maximum absolute atomic E-state index is 11.9. The molecule has 0 aromatic heterocycles. The van der Waals surface area contributed by atoms with Crippen molar-refractivity contribution in [2.45, 2.75) is 72.4 Å². The largest absolute Gasteiger partial charge is 0.305 e. The Morgan fingerprint density at radius 1 is 1.13 bits per heavy atom. The Kier molecular flexibility index (Phi) is 7.67. The van der Waals surface area contributed by atoms with Crippen molar-refractivity contribution in [3.63, 3.8) is 0 Å². The summed E-state index contributed by atoms with van der Waals surface area (Å²) >= 11 is 0. The minimum Gasteiger partial charge on any atom is -0.305 e. The SMILES string of the molecule is CCCCC[C@H](NC(C)C)C(=O)C(C)C. The number of rotatable bonds is 8. The quantitative estimate of drug-likeness (QED) is 0.628. The zero-order valence-corrected chi connectivity index (χ0v) is 11.0. The predicted octanol–water partition coefficient (Wildman–Crippen LogP) is 3.16. The molecule has 0 aliphatic carbocycles. The molecule has 0 heterocycles. The van der Waals surface area contributed by atoms with Crippen LogP contribution in [0.3, 0.4) is 0 Å². The third-order valence-electron chi connectivity index (χ3n) is 2.54. The molecule has 0 rings (SSSR count). The Morgan fingerprint density at radius 2 is 1.73 bits per heavy atom. The summed E-state index contributed by atoms with van der Waals surface area (Å²) in [6.07, 6.45) is 4.58. The number of hydrogen-bond donors (Lipinski definition) is 1. The van der Waals surface area contributed by atoms with E-state index in [-0.39, 0.29) is 12.0 Å². The van der Waals surface area contributed by atoms with E-state index in [1.807, 2.05) is 13.8 Å². The molecule has 0 saturated carbocycles. The first-order valence-corrected chi connectivity index (χ1v) is 6.28. The zero-order valence-electron chi connectivity index (χ0n) is 11.0. The summed E-state index contributed by atoms with van der Waals surface area (Å²) in [7, 11) is 0. The third-order valence-corrected chi connectivity index (χ3v) is 2.54. The summed E-state index contributed by atoms with van der Waals surface area (Å²) in [5.74, 6) is 0.502. The molecule has 0 spiro atoms. The van der Waals surface area contributed by atoms with Crippen LogP contribution in [0.25, 0.3) is 0 Å². The molecular formula is C13H27NO. The van der Waals surface area contributed by atoms with Gasteiger partial charge in [0.25, 0.3) is 0 Å². The van der Waals surface area contributed by atoms with Gasteiger partial charge < -0.3 is 5.32 Å². The van der Waals surface area contributed by atoms with Crippen LogP contribution in [0.4, 0.5) is 0 Å². The molecule has 15 heavy (non-hydrogen) atoms. The number of Topliss-reactive ketones (excluding diaryl/α,β-unsaturated/α-hetero) is 1. The summed E-state index contributed by atoms with van der Waals surface area (Å²) in [6, 6.07) is 0.455. The van der Waals surface area contributed by atoms with Crippen molar-refractivity contribution in [3.05, 3.63) is 0 Å². The van der Waals surface area contributed by atoms with Crippen molar-refractivity contribution >= 4 is 5.78 Å². The van der Waals surface area contributed by atoms with E-state index < -0.39 is 0 Å². The van der Waals surface area contributed by atoms with E-state index >= 15 is 0 Å². The van der Waals surface area contributed by atoms with Crippen LogP contribution in [0.1, 0.15) is 60.3 Å². The molecule has 0 aromatic carbocycles. The lowest BCUT2D eigenvalue weighted by atomic mass is 9.96. The van der Waals surface area contributed by atoms with E-state index in [0.29, 0.717) is 11.8 Å². The summed E-state index contributed by atoms with van der Waals surface area (Å²) in [4.78, 5) is 11.9. The normalized spacial score (nSPS) is 13.5. The Morgan fingerprint density at radius 3 is 2.13 bits per heavy atom. The van der Waals surface area contributed by atoms with Crippen LogP contribution in [-0.2, 0) is 4.79 Å². The van der Waals surface area contributed by atoms with E-state index in [9.17, 15) is 4.79 Å². The molecule has 0 aliphatic rings. The Labute approximate surface area is 94.8 Å². The lowest BCUT2D eigenvalue weighted by molar-refractivity contribution is -0.124. The van der Waals surface area contributed by atoms with Crippen molar-refractivity contribution in [1.29, 1.82) is 0 Å². The second-order valence-corrected chi connectivity index (χ2v) is 4.93. The lowest BCUT2D eigenvalue weighted by Crippen LogP contribution is -2.42. The molecule has 0 unspecified atom stereocenters. The molecule has 0 amide bonds. The minimum absolute atomic E-state index is 0.0662. The third kappa shape index (κ3) is 6.67. The van der Waals surface area contributed by atoms with Gasteiger partial charge in [-0.05, 0) is 6.42 Å². The molecule has 0 bridgehead atoms. The van der Waals surface area contributed by atoms with Gasteiger partial charge in [0.1, 0.15) is 0 Å². The number of unbranched alkanes of at least 4 members (excludes halogenated alkanes) is 2. The molecule has 90 valence electrons. The second kappa shape index (κ2) is 7.86. The highest BCUT2D eigenvalue weighted by Crippen LogP contribution is 2.09. The summed E-state index contributed by atoms with van der Waals surface area (Å²) in [5.41, 5.74) is 0. The van der Waals surface area contributed by atoms with Gasteiger partial charge in [-0.2, -0.15) is 0 Å². The van der Waals surface area contributed by atoms with E-state index in [4.69, 9.17) is 0 Å². The van der Waals surface area contributed by atoms with Crippen LogP contribution in [0.2, 0.25) is 0 Å². The number of hydrogen-bond acceptors (Lipinski definition) is 2. The van der Waals surface area contributed by atoms with Crippen molar-refractivity contribution in [3.8, 4) is 0 Å². The summed E-state index contributed by atoms with van der Waals surface area (Å²) in [5, 5.41) is 3.37. The number of carbonyl (C=O) groups excluding carboxylic acids is 1. The smallest absolute Gasteiger partial charge is 0.152 e. The first-order valence-electron chi connectivity index (χ1n) is 6.28. The van der Waals surface area contributed by atoms with Crippen LogP contribution >= 0.6 is 0 Å². The lowest BCUT2D eigenvalue weighted by Gasteiger charge is -2.21. The van der Waals surface area contributed by atoms with Crippen LogP contribution in [0, 0.1) is 5.92 Å². The first-order chi connectivity index (χ1) is 6.99. The average molecular weight is 213 g/mol. The van der Waals surface area contributed by atoms with E-state index in [1.54, 1.807) is 0 Å². The molecule has 0 aliphatic heterocycles. The Hall–Kier alpha value is -0.370. The monoisotopic (exact) mass is 213 g/mol. The van der Waals surface area contributed by atoms with Gasteiger partial charge in [-0.3, -0.25) is 4.79 Å². The van der Waals surface area contributed by atoms with Crippen LogP contribution in [0.15, 0.2) is 0 Å². The van der Waals surface area contributed by atoms with Gasteiger partial charge >= 0.3 is 0 Å². The van der Waals surface area contributed by atoms with Crippen LogP contribution in [0.5, 0.6) is 0 Å². The summed E-state index contributed by atoms with van der Waals surface area (Å²) in [6.45, 7) is 10.4. The first kappa shape index (κ1) is 14.6. The highest BCUT2D eigenvalue weighted by atomic mass is 16.1. The van der Waals surface area contributed by atoms with E-state index in [0.717, 1.165) is 12.8 Å². The molecule has 0 aromatic rings. The van der Waals surface area contributed by atoms with Crippen molar-refractivity contribution in [2.24, 2.45) is 5.92 Å².